The molecule has 0 aliphatic heterocycles. The number of fused-ring (bicyclic) bond motifs is 1. The smallest absolute Gasteiger partial charge is 0.303 e. The molecule has 1 N–H and O–H groups in total. The first-order valence-corrected chi connectivity index (χ1v) is 9.76. The summed E-state index contributed by atoms with van der Waals surface area (Å²) in [4.78, 5) is 24.3. The lowest BCUT2D eigenvalue weighted by Gasteiger charge is -2.40. The van der Waals surface area contributed by atoms with E-state index in [1.807, 2.05) is 33.8 Å². The van der Waals surface area contributed by atoms with Crippen molar-refractivity contribution in [1.82, 2.24) is 0 Å². The largest absolute Gasteiger partial charge is 0.458 e. The van der Waals surface area contributed by atoms with Gasteiger partial charge in [0.25, 0.3) is 0 Å². The maximum Gasteiger partial charge on any atom is 0.303 e. The molecule has 26 heavy (non-hydrogen) atoms. The summed E-state index contributed by atoms with van der Waals surface area (Å²) in [5.41, 5.74) is 0.757. The topological polar surface area (TPSA) is 63.6 Å². The molecular formula is C22H34O4. The summed E-state index contributed by atoms with van der Waals surface area (Å²) < 4.78 is 5.47. The molecule has 0 bridgehead atoms. The molecule has 4 atom stereocenters. The Morgan fingerprint density at radius 3 is 2.50 bits per heavy atom. The summed E-state index contributed by atoms with van der Waals surface area (Å²) >= 11 is 0. The van der Waals surface area contributed by atoms with E-state index in [1.54, 1.807) is 0 Å². The molecule has 4 heteroatoms. The Balaban J connectivity index is 2.45. The van der Waals surface area contributed by atoms with E-state index in [4.69, 9.17) is 4.74 Å². The number of allylic oxidation sites excluding steroid dienone is 2. The fraction of sp³-hybridized carbons (Fsp3) is 0.727. The van der Waals surface area contributed by atoms with Crippen LogP contribution in [0.5, 0.6) is 0 Å². The van der Waals surface area contributed by atoms with Gasteiger partial charge in [-0.15, -0.1) is 0 Å². The third-order valence-corrected chi connectivity index (χ3v) is 6.71. The summed E-state index contributed by atoms with van der Waals surface area (Å²) in [5.74, 6) is -0.187. The van der Waals surface area contributed by atoms with Crippen molar-refractivity contribution in [2.45, 2.75) is 85.4 Å². The molecule has 146 valence electrons. The van der Waals surface area contributed by atoms with Crippen molar-refractivity contribution in [2.75, 3.05) is 0 Å². The SMILES string of the molecule is CC(=O)O[C@@H]1C/C=C(\C)C(=O)CC2[C@](C)(CC=C1C)CC[C@]2(O)C(C)C. The Kier molecular flexibility index (Phi) is 6.17. The van der Waals surface area contributed by atoms with Crippen LogP contribution in [0.25, 0.3) is 0 Å². The molecular weight excluding hydrogens is 328 g/mol. The van der Waals surface area contributed by atoms with E-state index in [0.29, 0.717) is 18.4 Å². The van der Waals surface area contributed by atoms with Crippen molar-refractivity contribution < 1.29 is 19.4 Å². The third-order valence-electron chi connectivity index (χ3n) is 6.71. The molecule has 0 saturated heterocycles. The van der Waals surface area contributed by atoms with Crippen LogP contribution in [0.3, 0.4) is 0 Å². The molecule has 2 rings (SSSR count). The van der Waals surface area contributed by atoms with Crippen molar-refractivity contribution in [3.8, 4) is 0 Å². The zero-order valence-electron chi connectivity index (χ0n) is 17.1. The number of hydrogen-bond acceptors (Lipinski definition) is 4. The second-order valence-electron chi connectivity index (χ2n) is 8.85. The average Bonchev–Trinajstić information content (AvgIpc) is 2.81. The summed E-state index contributed by atoms with van der Waals surface area (Å²) in [6, 6.07) is 0. The van der Waals surface area contributed by atoms with Crippen LogP contribution in [0, 0.1) is 17.3 Å². The average molecular weight is 363 g/mol. The number of ketones is 1. The quantitative estimate of drug-likeness (QED) is 0.585. The van der Waals surface area contributed by atoms with Gasteiger partial charge in [-0.2, -0.15) is 0 Å². The number of rotatable bonds is 2. The van der Waals surface area contributed by atoms with E-state index in [2.05, 4.69) is 13.0 Å². The molecule has 4 nitrogen and oxygen atoms in total. The lowest BCUT2D eigenvalue weighted by atomic mass is 9.67. The number of esters is 1. The highest BCUT2D eigenvalue weighted by molar-refractivity contribution is 5.95. The van der Waals surface area contributed by atoms with Crippen molar-refractivity contribution >= 4 is 11.8 Å². The molecule has 0 spiro atoms. The first-order valence-electron chi connectivity index (χ1n) is 9.76. The fourth-order valence-corrected chi connectivity index (χ4v) is 4.59. The molecule has 2 aliphatic carbocycles. The lowest BCUT2D eigenvalue weighted by Crippen LogP contribution is -2.44. The van der Waals surface area contributed by atoms with Gasteiger partial charge >= 0.3 is 5.97 Å². The Morgan fingerprint density at radius 1 is 1.27 bits per heavy atom. The summed E-state index contributed by atoms with van der Waals surface area (Å²) in [6.45, 7) is 11.5. The van der Waals surface area contributed by atoms with Gasteiger partial charge in [-0.25, -0.2) is 0 Å². The minimum atomic E-state index is -0.810. The first kappa shape index (κ1) is 20.9. The first-order chi connectivity index (χ1) is 12.0. The number of aliphatic hydroxyl groups is 1. The number of carbonyl (C=O) groups excluding carboxylic acids is 2. The van der Waals surface area contributed by atoms with E-state index in [0.717, 1.165) is 24.8 Å². The molecule has 1 fully saturated rings. The van der Waals surface area contributed by atoms with Crippen molar-refractivity contribution in [3.05, 3.63) is 23.3 Å². The minimum absolute atomic E-state index is 0.0693. The van der Waals surface area contributed by atoms with Gasteiger partial charge in [0.2, 0.25) is 0 Å². The van der Waals surface area contributed by atoms with Crippen LogP contribution in [0.15, 0.2) is 23.3 Å². The van der Waals surface area contributed by atoms with Crippen LogP contribution in [0.1, 0.15) is 73.6 Å². The maximum absolute atomic E-state index is 12.8. The maximum atomic E-state index is 12.8. The predicted molar refractivity (Wildman–Crippen MR) is 103 cm³/mol. The Labute approximate surface area is 157 Å². The van der Waals surface area contributed by atoms with Crippen molar-refractivity contribution in [3.63, 3.8) is 0 Å². The standard InChI is InChI=1S/C22H34O4/c1-14(2)22(25)12-11-21(6)10-9-16(4)19(26-17(5)23)8-7-15(3)18(24)13-20(21)22/h7,9,14,19-20,25H,8,10-13H2,1-6H3/b15-7+,16-9?/t19-,20?,21-,22+/m1/s1. The van der Waals surface area contributed by atoms with Gasteiger partial charge in [0, 0.05) is 25.7 Å². The molecule has 2 aliphatic rings. The highest BCUT2D eigenvalue weighted by Gasteiger charge is 2.55. The highest BCUT2D eigenvalue weighted by atomic mass is 16.5. The van der Waals surface area contributed by atoms with Gasteiger partial charge in [0.05, 0.1) is 5.60 Å². The summed E-state index contributed by atoms with van der Waals surface area (Å²) in [7, 11) is 0. The van der Waals surface area contributed by atoms with Gasteiger partial charge in [-0.05, 0) is 55.6 Å². The van der Waals surface area contributed by atoms with Gasteiger partial charge in [0.1, 0.15) is 6.10 Å². The molecule has 1 saturated carbocycles. The molecule has 0 amide bonds. The molecule has 1 unspecified atom stereocenters. The minimum Gasteiger partial charge on any atom is -0.458 e. The molecule has 0 aromatic rings. The summed E-state index contributed by atoms with van der Waals surface area (Å²) in [6.07, 6.45) is 6.97. The van der Waals surface area contributed by atoms with Crippen LogP contribution < -0.4 is 0 Å². The van der Waals surface area contributed by atoms with Gasteiger partial charge in [-0.3, -0.25) is 9.59 Å². The number of carbonyl (C=O) groups is 2. The molecule has 0 heterocycles. The summed E-state index contributed by atoms with van der Waals surface area (Å²) in [5, 5.41) is 11.4. The monoisotopic (exact) mass is 362 g/mol. The zero-order valence-corrected chi connectivity index (χ0v) is 17.1. The number of ether oxygens (including phenoxy) is 1. The lowest BCUT2D eigenvalue weighted by molar-refractivity contribution is -0.144. The second-order valence-corrected chi connectivity index (χ2v) is 8.85. The van der Waals surface area contributed by atoms with Crippen molar-refractivity contribution in [2.24, 2.45) is 17.3 Å². The van der Waals surface area contributed by atoms with Gasteiger partial charge in [0.15, 0.2) is 5.78 Å². The van der Waals surface area contributed by atoms with E-state index in [9.17, 15) is 14.7 Å². The van der Waals surface area contributed by atoms with Crippen LogP contribution in [0.2, 0.25) is 0 Å². The highest BCUT2D eigenvalue weighted by Crippen LogP contribution is 2.56. The van der Waals surface area contributed by atoms with Gasteiger partial charge < -0.3 is 9.84 Å². The van der Waals surface area contributed by atoms with Crippen LogP contribution in [-0.2, 0) is 14.3 Å². The number of hydrogen-bond donors (Lipinski definition) is 1. The Hall–Kier alpha value is -1.42. The third kappa shape index (κ3) is 4.11. The molecule has 0 radical (unpaired) electrons. The predicted octanol–water partition coefficient (Wildman–Crippen LogP) is 4.37. The van der Waals surface area contributed by atoms with Gasteiger partial charge in [-0.1, -0.05) is 32.9 Å². The Morgan fingerprint density at radius 2 is 1.92 bits per heavy atom. The molecule has 0 aromatic carbocycles. The second kappa shape index (κ2) is 7.67. The number of Topliss-reactive ketones (excluding diaryl/α,β-unsaturated/α-hetero) is 1. The van der Waals surface area contributed by atoms with E-state index in [1.165, 1.54) is 6.92 Å². The van der Waals surface area contributed by atoms with E-state index < -0.39 is 5.60 Å². The zero-order chi connectivity index (χ0) is 19.7. The van der Waals surface area contributed by atoms with E-state index in [-0.39, 0.29) is 35.1 Å². The van der Waals surface area contributed by atoms with Crippen molar-refractivity contribution in [1.29, 1.82) is 0 Å². The Bertz CT molecular complexity index is 630. The van der Waals surface area contributed by atoms with Crippen LogP contribution in [0.4, 0.5) is 0 Å². The van der Waals surface area contributed by atoms with Crippen LogP contribution >= 0.6 is 0 Å². The fourth-order valence-electron chi connectivity index (χ4n) is 4.59. The molecule has 0 aromatic heterocycles. The van der Waals surface area contributed by atoms with Crippen LogP contribution in [-0.4, -0.2) is 28.6 Å². The van der Waals surface area contributed by atoms with E-state index >= 15 is 0 Å². The normalized spacial score (nSPS) is 38.1.